The van der Waals surface area contributed by atoms with Crippen molar-refractivity contribution in [3.8, 4) is 0 Å². The number of rotatable bonds is 9. The number of nitrogens with two attached hydrogens (primary N) is 1. The summed E-state index contributed by atoms with van der Waals surface area (Å²) in [5, 5.41) is 0. The maximum atomic E-state index is 5.70. The van der Waals surface area contributed by atoms with Crippen LogP contribution in [0.25, 0.3) is 0 Å². The highest BCUT2D eigenvalue weighted by atomic mass is 32.1. The molecular weight excluding hydrogens is 268 g/mol. The molecule has 1 rings (SSSR count). The van der Waals surface area contributed by atoms with Gasteiger partial charge in [0, 0.05) is 31.8 Å². The van der Waals surface area contributed by atoms with Gasteiger partial charge in [-0.25, -0.2) is 0 Å². The Bertz CT molecular complexity index is 419. The lowest BCUT2D eigenvalue weighted by Crippen LogP contribution is -2.36. The van der Waals surface area contributed by atoms with Gasteiger partial charge in [0.15, 0.2) is 0 Å². The van der Waals surface area contributed by atoms with E-state index in [1.54, 1.807) is 7.11 Å². The average Bonchev–Trinajstić information content (AvgIpc) is 2.46. The normalized spacial score (nSPS) is 11.2. The van der Waals surface area contributed by atoms with Crippen molar-refractivity contribution >= 4 is 17.2 Å². The predicted octanol–water partition coefficient (Wildman–Crippen LogP) is 2.96. The van der Waals surface area contributed by atoms with Crippen LogP contribution in [0.3, 0.4) is 0 Å². The van der Waals surface area contributed by atoms with E-state index in [-0.39, 0.29) is 0 Å². The van der Waals surface area contributed by atoms with Gasteiger partial charge in [0.1, 0.15) is 4.99 Å². The zero-order valence-electron chi connectivity index (χ0n) is 12.8. The Morgan fingerprint density at radius 2 is 2.05 bits per heavy atom. The predicted molar refractivity (Wildman–Crippen MR) is 89.0 cm³/mol. The van der Waals surface area contributed by atoms with Gasteiger partial charge in [-0.2, -0.15) is 0 Å². The number of thiocarbonyl (C=S) groups is 1. The van der Waals surface area contributed by atoms with Gasteiger partial charge in [0.2, 0.25) is 0 Å². The van der Waals surface area contributed by atoms with Gasteiger partial charge in [0.25, 0.3) is 0 Å². The van der Waals surface area contributed by atoms with Crippen LogP contribution < -0.4 is 5.73 Å². The summed E-state index contributed by atoms with van der Waals surface area (Å²) in [4.78, 5) is 2.93. The molecule has 0 spiro atoms. The minimum atomic E-state index is 0.456. The second kappa shape index (κ2) is 9.06. The van der Waals surface area contributed by atoms with Crippen molar-refractivity contribution in [1.29, 1.82) is 0 Å². The van der Waals surface area contributed by atoms with Crippen molar-refractivity contribution in [1.82, 2.24) is 4.90 Å². The van der Waals surface area contributed by atoms with Gasteiger partial charge < -0.3 is 10.5 Å². The van der Waals surface area contributed by atoms with Crippen LogP contribution >= 0.6 is 12.2 Å². The Balaban J connectivity index is 2.82. The van der Waals surface area contributed by atoms with Crippen molar-refractivity contribution in [2.75, 3.05) is 20.3 Å². The van der Waals surface area contributed by atoms with E-state index in [1.807, 2.05) is 12.1 Å². The van der Waals surface area contributed by atoms with Gasteiger partial charge >= 0.3 is 0 Å². The minimum Gasteiger partial charge on any atom is -0.389 e. The second-order valence-electron chi connectivity index (χ2n) is 5.00. The highest BCUT2D eigenvalue weighted by Crippen LogP contribution is 2.14. The number of benzene rings is 1. The lowest BCUT2D eigenvalue weighted by Gasteiger charge is -2.30. The molecule has 112 valence electrons. The summed E-state index contributed by atoms with van der Waals surface area (Å²) >= 11 is 5.05. The number of nitrogens with zero attached hydrogens (tertiary/aromatic N) is 1. The van der Waals surface area contributed by atoms with Crippen LogP contribution in [-0.4, -0.2) is 36.2 Å². The SMILES string of the molecule is CCC(CC)N(CCOC)Cc1cccc(C(N)=S)c1. The third-order valence-corrected chi connectivity index (χ3v) is 3.87. The summed E-state index contributed by atoms with van der Waals surface area (Å²) in [7, 11) is 1.75. The van der Waals surface area contributed by atoms with Crippen molar-refractivity contribution in [3.63, 3.8) is 0 Å². The molecule has 3 nitrogen and oxygen atoms in total. The van der Waals surface area contributed by atoms with E-state index in [0.717, 1.165) is 38.1 Å². The van der Waals surface area contributed by atoms with E-state index >= 15 is 0 Å². The molecule has 0 aliphatic carbocycles. The van der Waals surface area contributed by atoms with E-state index in [0.29, 0.717) is 11.0 Å². The van der Waals surface area contributed by atoms with Gasteiger partial charge in [-0.05, 0) is 24.5 Å². The maximum Gasteiger partial charge on any atom is 0.103 e. The maximum absolute atomic E-state index is 5.70. The molecule has 0 unspecified atom stereocenters. The molecule has 0 heterocycles. The summed E-state index contributed by atoms with van der Waals surface area (Å²) in [6.07, 6.45) is 2.30. The summed E-state index contributed by atoms with van der Waals surface area (Å²) in [6.45, 7) is 7.08. The molecule has 1 aromatic rings. The van der Waals surface area contributed by atoms with Crippen molar-refractivity contribution in [2.45, 2.75) is 39.3 Å². The Hall–Kier alpha value is -0.970. The summed E-state index contributed by atoms with van der Waals surface area (Å²) in [6, 6.07) is 8.78. The van der Waals surface area contributed by atoms with Crippen LogP contribution in [0.4, 0.5) is 0 Å². The molecule has 0 fully saturated rings. The van der Waals surface area contributed by atoms with Gasteiger partial charge in [-0.1, -0.05) is 44.3 Å². The lowest BCUT2D eigenvalue weighted by atomic mass is 10.1. The van der Waals surface area contributed by atoms with E-state index in [2.05, 4.69) is 30.9 Å². The minimum absolute atomic E-state index is 0.456. The third-order valence-electron chi connectivity index (χ3n) is 3.64. The van der Waals surface area contributed by atoms with Gasteiger partial charge in [-0.15, -0.1) is 0 Å². The third kappa shape index (κ3) is 5.19. The molecule has 1 aromatic carbocycles. The van der Waals surface area contributed by atoms with Crippen molar-refractivity contribution < 1.29 is 4.74 Å². The molecule has 0 bridgehead atoms. The topological polar surface area (TPSA) is 38.5 Å². The molecule has 0 amide bonds. The monoisotopic (exact) mass is 294 g/mol. The summed E-state index contributed by atoms with van der Waals surface area (Å²) in [5.74, 6) is 0. The van der Waals surface area contributed by atoms with Crippen LogP contribution in [0.2, 0.25) is 0 Å². The Labute approximate surface area is 128 Å². The zero-order valence-corrected chi connectivity index (χ0v) is 13.6. The Morgan fingerprint density at radius 1 is 1.35 bits per heavy atom. The molecule has 0 aliphatic heterocycles. The smallest absolute Gasteiger partial charge is 0.103 e. The van der Waals surface area contributed by atoms with Crippen LogP contribution in [0.5, 0.6) is 0 Å². The lowest BCUT2D eigenvalue weighted by molar-refractivity contribution is 0.110. The van der Waals surface area contributed by atoms with E-state index in [4.69, 9.17) is 22.7 Å². The molecule has 2 N–H and O–H groups in total. The first-order valence-corrected chi connectivity index (χ1v) is 7.64. The second-order valence-corrected chi connectivity index (χ2v) is 5.44. The summed E-state index contributed by atoms with van der Waals surface area (Å²) < 4.78 is 5.23. The van der Waals surface area contributed by atoms with Crippen molar-refractivity contribution in [3.05, 3.63) is 35.4 Å². The molecule has 4 heteroatoms. The molecule has 0 atom stereocenters. The number of hydrogen-bond donors (Lipinski definition) is 1. The zero-order chi connectivity index (χ0) is 15.0. The molecule has 0 saturated carbocycles. The van der Waals surface area contributed by atoms with Crippen LogP contribution in [0.1, 0.15) is 37.8 Å². The number of hydrogen-bond acceptors (Lipinski definition) is 3. The van der Waals surface area contributed by atoms with E-state index in [1.165, 1.54) is 5.56 Å². The quantitative estimate of drug-likeness (QED) is 0.711. The number of ether oxygens (including phenoxy) is 1. The fourth-order valence-corrected chi connectivity index (χ4v) is 2.59. The molecule has 20 heavy (non-hydrogen) atoms. The molecular formula is C16H26N2OS. The fourth-order valence-electron chi connectivity index (χ4n) is 2.46. The average molecular weight is 294 g/mol. The first-order valence-electron chi connectivity index (χ1n) is 7.24. The Morgan fingerprint density at radius 3 is 2.60 bits per heavy atom. The van der Waals surface area contributed by atoms with Crippen LogP contribution in [0.15, 0.2) is 24.3 Å². The fraction of sp³-hybridized carbons (Fsp3) is 0.562. The largest absolute Gasteiger partial charge is 0.389 e. The van der Waals surface area contributed by atoms with E-state index < -0.39 is 0 Å². The Kier molecular flexibility index (Phi) is 7.73. The molecule has 0 aromatic heterocycles. The van der Waals surface area contributed by atoms with Crippen LogP contribution in [0, 0.1) is 0 Å². The van der Waals surface area contributed by atoms with Gasteiger partial charge in [0.05, 0.1) is 6.61 Å². The summed E-state index contributed by atoms with van der Waals surface area (Å²) in [5.41, 5.74) is 7.89. The van der Waals surface area contributed by atoms with Crippen LogP contribution in [-0.2, 0) is 11.3 Å². The van der Waals surface area contributed by atoms with E-state index in [9.17, 15) is 0 Å². The molecule has 0 saturated heterocycles. The highest BCUT2D eigenvalue weighted by molar-refractivity contribution is 7.80. The first-order chi connectivity index (χ1) is 9.62. The highest BCUT2D eigenvalue weighted by Gasteiger charge is 2.15. The first kappa shape index (κ1) is 17.1. The standard InChI is InChI=1S/C16H26N2OS/c1-4-15(5-2)18(9-10-19-3)12-13-7-6-8-14(11-13)16(17)20/h6-8,11,15H,4-5,9-10,12H2,1-3H3,(H2,17,20). The van der Waals surface area contributed by atoms with Gasteiger partial charge in [-0.3, -0.25) is 4.90 Å². The number of methoxy groups -OCH3 is 1. The molecule has 0 aliphatic rings. The van der Waals surface area contributed by atoms with Crippen molar-refractivity contribution in [2.24, 2.45) is 5.73 Å². The molecule has 0 radical (unpaired) electrons.